The van der Waals surface area contributed by atoms with Crippen molar-refractivity contribution in [3.8, 4) is 0 Å². The first-order valence-corrected chi connectivity index (χ1v) is 8.47. The third-order valence-electron chi connectivity index (χ3n) is 2.14. The van der Waals surface area contributed by atoms with Gasteiger partial charge in [-0.25, -0.2) is 0 Å². The fraction of sp³-hybridized carbons (Fsp3) is 1.00. The van der Waals surface area contributed by atoms with Gasteiger partial charge in [-0.05, 0) is 83.1 Å². The number of ether oxygens (including phenoxy) is 4. The van der Waals surface area contributed by atoms with Crippen LogP contribution in [0.3, 0.4) is 0 Å². The normalized spacial score (nSPS) is 13.6. The molecule has 0 aliphatic carbocycles. The van der Waals surface area contributed by atoms with Crippen LogP contribution in [0.15, 0.2) is 0 Å². The first-order valence-electron chi connectivity index (χ1n) is 8.47. The lowest BCUT2D eigenvalue weighted by molar-refractivity contribution is -0.163. The van der Waals surface area contributed by atoms with Crippen LogP contribution in [-0.2, 0) is 18.9 Å². The second-order valence-corrected chi connectivity index (χ2v) is 9.55. The van der Waals surface area contributed by atoms with Gasteiger partial charge in [0.25, 0.3) is 0 Å². The van der Waals surface area contributed by atoms with E-state index in [1.807, 2.05) is 83.1 Å². The summed E-state index contributed by atoms with van der Waals surface area (Å²) in [6, 6.07) is 0. The Hall–Kier alpha value is -0.160. The predicted molar refractivity (Wildman–Crippen MR) is 98.0 cm³/mol. The van der Waals surface area contributed by atoms with E-state index >= 15 is 0 Å². The molecule has 4 heteroatoms. The molecule has 0 heterocycles. The summed E-state index contributed by atoms with van der Waals surface area (Å²) in [6.07, 6.45) is 0. The van der Waals surface area contributed by atoms with Crippen molar-refractivity contribution in [3.05, 3.63) is 0 Å². The van der Waals surface area contributed by atoms with Gasteiger partial charge in [0.05, 0.1) is 35.6 Å². The molecule has 0 aromatic heterocycles. The quantitative estimate of drug-likeness (QED) is 0.512. The Labute approximate surface area is 145 Å². The van der Waals surface area contributed by atoms with Crippen molar-refractivity contribution < 1.29 is 18.9 Å². The lowest BCUT2D eigenvalue weighted by Crippen LogP contribution is -2.26. The minimum absolute atomic E-state index is 0.0543. The van der Waals surface area contributed by atoms with E-state index in [0.29, 0.717) is 20.0 Å². The average molecular weight is 335 g/mol. The van der Waals surface area contributed by atoms with Crippen molar-refractivity contribution in [1.82, 2.24) is 0 Å². The van der Waals surface area contributed by atoms with Gasteiger partial charge in [-0.3, -0.25) is 0 Å². The van der Waals surface area contributed by atoms with Crippen LogP contribution >= 0.6 is 0 Å². The summed E-state index contributed by atoms with van der Waals surface area (Å²) >= 11 is 0. The highest BCUT2D eigenvalue weighted by Crippen LogP contribution is 2.11. The van der Waals surface area contributed by atoms with Crippen LogP contribution in [0, 0.1) is 0 Å². The van der Waals surface area contributed by atoms with Crippen molar-refractivity contribution in [2.75, 3.05) is 20.0 Å². The van der Waals surface area contributed by atoms with Crippen molar-refractivity contribution in [2.24, 2.45) is 0 Å². The summed E-state index contributed by atoms with van der Waals surface area (Å²) in [5.74, 6) is 0. The summed E-state index contributed by atoms with van der Waals surface area (Å²) in [5.41, 5.74) is -0.320. The van der Waals surface area contributed by atoms with Crippen LogP contribution < -0.4 is 0 Å². The fourth-order valence-electron chi connectivity index (χ4n) is 1.08. The molecular formula is C19H42O4. The summed E-state index contributed by atoms with van der Waals surface area (Å²) in [4.78, 5) is 0. The zero-order chi connectivity index (χ0) is 18.9. The van der Waals surface area contributed by atoms with E-state index in [4.69, 9.17) is 18.9 Å². The largest absolute Gasteiger partial charge is 0.373 e. The van der Waals surface area contributed by atoms with Gasteiger partial charge in [0.1, 0.15) is 6.79 Å². The molecule has 0 aromatic carbocycles. The third kappa shape index (κ3) is 30.3. The highest BCUT2D eigenvalue weighted by atomic mass is 16.7. The van der Waals surface area contributed by atoms with Crippen LogP contribution in [0.25, 0.3) is 0 Å². The molecular weight excluding hydrogens is 292 g/mol. The molecule has 0 saturated heterocycles. The van der Waals surface area contributed by atoms with E-state index in [1.54, 1.807) is 0 Å². The van der Waals surface area contributed by atoms with E-state index < -0.39 is 0 Å². The first kappa shape index (κ1) is 25.1. The predicted octanol–water partition coefficient (Wildman–Crippen LogP) is 5.19. The van der Waals surface area contributed by atoms with E-state index in [1.165, 1.54) is 0 Å². The fourth-order valence-corrected chi connectivity index (χ4v) is 1.08. The molecule has 23 heavy (non-hydrogen) atoms. The van der Waals surface area contributed by atoms with Crippen molar-refractivity contribution in [1.29, 1.82) is 0 Å². The Balaban J connectivity index is 0. The molecule has 0 bridgehead atoms. The molecule has 0 aliphatic heterocycles. The monoisotopic (exact) mass is 334 g/mol. The van der Waals surface area contributed by atoms with E-state index in [-0.39, 0.29) is 22.4 Å². The first-order chi connectivity index (χ1) is 9.91. The van der Waals surface area contributed by atoms with Crippen LogP contribution in [0.4, 0.5) is 0 Å². The molecule has 0 radical (unpaired) electrons. The molecule has 0 fully saturated rings. The molecule has 0 N–H and O–H groups in total. The lowest BCUT2D eigenvalue weighted by atomic mass is 10.2. The van der Waals surface area contributed by atoms with E-state index in [2.05, 4.69) is 0 Å². The molecule has 0 atom stereocenters. The third-order valence-corrected chi connectivity index (χ3v) is 2.14. The van der Waals surface area contributed by atoms with Crippen LogP contribution in [0.5, 0.6) is 0 Å². The minimum atomic E-state index is -0.106. The molecule has 4 nitrogen and oxygen atoms in total. The molecule has 0 aromatic rings. The van der Waals surface area contributed by atoms with Crippen molar-refractivity contribution in [2.45, 2.75) is 105 Å². The Bertz CT molecular complexity index is 254. The molecule has 0 spiro atoms. The van der Waals surface area contributed by atoms with Gasteiger partial charge < -0.3 is 18.9 Å². The summed E-state index contributed by atoms with van der Waals surface area (Å²) in [6.45, 7) is 26.1. The van der Waals surface area contributed by atoms with Gasteiger partial charge in [-0.1, -0.05) is 0 Å². The lowest BCUT2D eigenvalue weighted by Gasteiger charge is -2.24. The van der Waals surface area contributed by atoms with Crippen LogP contribution in [0.2, 0.25) is 0 Å². The molecule has 0 amide bonds. The molecule has 0 saturated carbocycles. The Morgan fingerprint density at radius 1 is 0.391 bits per heavy atom. The summed E-state index contributed by atoms with van der Waals surface area (Å²) in [5, 5.41) is 0. The summed E-state index contributed by atoms with van der Waals surface area (Å²) < 4.78 is 21.8. The molecule has 0 unspecified atom stereocenters. The maximum atomic E-state index is 5.50. The molecule has 0 aliphatic rings. The smallest absolute Gasteiger partial charge is 0.148 e. The summed E-state index contributed by atoms with van der Waals surface area (Å²) in [7, 11) is 0. The van der Waals surface area contributed by atoms with Gasteiger partial charge in [-0.2, -0.15) is 0 Å². The Kier molecular flexibility index (Phi) is 10.9. The topological polar surface area (TPSA) is 36.9 Å². The second kappa shape index (κ2) is 9.97. The van der Waals surface area contributed by atoms with Gasteiger partial charge in [-0.15, -0.1) is 0 Å². The SMILES string of the molecule is CC(C)(C)OCCOC(C)(C)C.CC(C)(C)OCOC(C)(C)C. The Morgan fingerprint density at radius 3 is 0.783 bits per heavy atom. The maximum Gasteiger partial charge on any atom is 0.148 e. The van der Waals surface area contributed by atoms with Gasteiger partial charge in [0, 0.05) is 0 Å². The van der Waals surface area contributed by atoms with Crippen molar-refractivity contribution in [3.63, 3.8) is 0 Å². The van der Waals surface area contributed by atoms with Crippen LogP contribution in [-0.4, -0.2) is 42.4 Å². The zero-order valence-corrected chi connectivity index (χ0v) is 17.8. The molecule has 0 rings (SSSR count). The van der Waals surface area contributed by atoms with Gasteiger partial charge in [0.2, 0.25) is 0 Å². The highest BCUT2D eigenvalue weighted by Gasteiger charge is 2.14. The standard InChI is InChI=1S/C10H22O2.C9H20O2/c1-9(2,3)11-7-8-12-10(4,5)6;1-8(2,3)10-7-11-9(4,5)6/h7-8H2,1-6H3;7H2,1-6H3. The van der Waals surface area contributed by atoms with E-state index in [0.717, 1.165) is 0 Å². The molecule has 142 valence electrons. The second-order valence-electron chi connectivity index (χ2n) is 9.55. The van der Waals surface area contributed by atoms with E-state index in [9.17, 15) is 0 Å². The average Bonchev–Trinajstić information content (AvgIpc) is 2.19. The van der Waals surface area contributed by atoms with Gasteiger partial charge in [0.15, 0.2) is 0 Å². The van der Waals surface area contributed by atoms with Crippen molar-refractivity contribution >= 4 is 0 Å². The number of hydrogen-bond donors (Lipinski definition) is 0. The maximum absolute atomic E-state index is 5.50. The van der Waals surface area contributed by atoms with Gasteiger partial charge >= 0.3 is 0 Å². The Morgan fingerprint density at radius 2 is 0.609 bits per heavy atom. The van der Waals surface area contributed by atoms with Crippen LogP contribution in [0.1, 0.15) is 83.1 Å². The number of rotatable bonds is 5. The highest BCUT2D eigenvalue weighted by molar-refractivity contribution is 4.61. The zero-order valence-electron chi connectivity index (χ0n) is 17.8. The minimum Gasteiger partial charge on any atom is -0.373 e. The number of hydrogen-bond acceptors (Lipinski definition) is 4.